The second-order valence-electron chi connectivity index (χ2n) is 6.50. The first kappa shape index (κ1) is 14.0. The molecule has 1 aromatic heterocycles. The van der Waals surface area contributed by atoms with E-state index in [0.29, 0.717) is 0 Å². The van der Waals surface area contributed by atoms with Crippen molar-refractivity contribution < 1.29 is 4.74 Å². The molecule has 0 spiro atoms. The molecular formula is C17H23N3O. The standard InChI is InChI=1S/C17H23N3O/c1-11-16(12(2)20(5)19-11)18-10-13-6-7-15-14(8-13)9-17(3,4)21-15/h6-8,18H,9-10H2,1-5H3. The molecular weight excluding hydrogens is 262 g/mol. The predicted molar refractivity (Wildman–Crippen MR) is 84.9 cm³/mol. The summed E-state index contributed by atoms with van der Waals surface area (Å²) in [5, 5.41) is 7.94. The van der Waals surface area contributed by atoms with Crippen molar-refractivity contribution in [1.82, 2.24) is 9.78 Å². The van der Waals surface area contributed by atoms with E-state index in [1.165, 1.54) is 11.1 Å². The van der Waals surface area contributed by atoms with Crippen LogP contribution in [-0.2, 0) is 20.0 Å². The zero-order valence-corrected chi connectivity index (χ0v) is 13.4. The van der Waals surface area contributed by atoms with Crippen LogP contribution in [0.1, 0.15) is 36.4 Å². The van der Waals surface area contributed by atoms with Crippen LogP contribution in [0.2, 0.25) is 0 Å². The van der Waals surface area contributed by atoms with E-state index in [0.717, 1.165) is 35.8 Å². The second kappa shape index (κ2) is 4.79. The number of rotatable bonds is 3. The summed E-state index contributed by atoms with van der Waals surface area (Å²) in [6.07, 6.45) is 0.973. The largest absolute Gasteiger partial charge is 0.487 e. The summed E-state index contributed by atoms with van der Waals surface area (Å²) in [5.41, 5.74) is 5.84. The molecule has 0 fully saturated rings. The summed E-state index contributed by atoms with van der Waals surface area (Å²) in [7, 11) is 1.97. The highest BCUT2D eigenvalue weighted by Gasteiger charge is 2.29. The lowest BCUT2D eigenvalue weighted by Gasteiger charge is -2.16. The minimum absolute atomic E-state index is 0.0785. The minimum Gasteiger partial charge on any atom is -0.487 e. The molecule has 3 rings (SSSR count). The van der Waals surface area contributed by atoms with Gasteiger partial charge in [-0.1, -0.05) is 12.1 Å². The monoisotopic (exact) mass is 285 g/mol. The highest BCUT2D eigenvalue weighted by Crippen LogP contribution is 2.35. The topological polar surface area (TPSA) is 39.1 Å². The molecule has 2 aromatic rings. The molecule has 1 aliphatic heterocycles. The van der Waals surface area contributed by atoms with Gasteiger partial charge in [0.2, 0.25) is 0 Å². The van der Waals surface area contributed by atoms with Crippen molar-refractivity contribution in [1.29, 1.82) is 0 Å². The van der Waals surface area contributed by atoms with Crippen LogP contribution >= 0.6 is 0 Å². The van der Waals surface area contributed by atoms with E-state index >= 15 is 0 Å². The van der Waals surface area contributed by atoms with E-state index in [1.54, 1.807) is 0 Å². The Morgan fingerprint density at radius 2 is 2.10 bits per heavy atom. The summed E-state index contributed by atoms with van der Waals surface area (Å²) < 4.78 is 7.83. The number of anilines is 1. The van der Waals surface area contributed by atoms with Gasteiger partial charge in [-0.3, -0.25) is 4.68 Å². The van der Waals surface area contributed by atoms with Crippen molar-refractivity contribution >= 4 is 5.69 Å². The van der Waals surface area contributed by atoms with Gasteiger partial charge in [-0.05, 0) is 44.9 Å². The van der Waals surface area contributed by atoms with E-state index in [2.05, 4.69) is 49.4 Å². The Bertz CT molecular complexity index is 686. The molecule has 112 valence electrons. The van der Waals surface area contributed by atoms with Gasteiger partial charge in [0.05, 0.1) is 17.1 Å². The molecule has 21 heavy (non-hydrogen) atoms. The lowest BCUT2D eigenvalue weighted by Crippen LogP contribution is -2.24. The molecule has 4 nitrogen and oxygen atoms in total. The number of aryl methyl sites for hydroxylation is 2. The summed E-state index contributed by atoms with van der Waals surface area (Å²) >= 11 is 0. The number of aromatic nitrogens is 2. The maximum atomic E-state index is 5.92. The lowest BCUT2D eigenvalue weighted by molar-refractivity contribution is 0.138. The van der Waals surface area contributed by atoms with Gasteiger partial charge >= 0.3 is 0 Å². The predicted octanol–water partition coefficient (Wildman–Crippen LogP) is 3.36. The van der Waals surface area contributed by atoms with Crippen molar-refractivity contribution in [2.75, 3.05) is 5.32 Å². The third kappa shape index (κ3) is 2.62. The van der Waals surface area contributed by atoms with Gasteiger partial charge in [-0.15, -0.1) is 0 Å². The molecule has 4 heteroatoms. The van der Waals surface area contributed by atoms with Crippen LogP contribution in [0.5, 0.6) is 5.75 Å². The van der Waals surface area contributed by atoms with Crippen molar-refractivity contribution in [2.24, 2.45) is 7.05 Å². The molecule has 0 saturated heterocycles. The van der Waals surface area contributed by atoms with Crippen LogP contribution in [0.15, 0.2) is 18.2 Å². The van der Waals surface area contributed by atoms with Gasteiger partial charge in [-0.25, -0.2) is 0 Å². The SMILES string of the molecule is Cc1nn(C)c(C)c1NCc1ccc2c(c1)CC(C)(C)O2. The molecule has 1 aliphatic rings. The highest BCUT2D eigenvalue weighted by atomic mass is 16.5. The summed E-state index contributed by atoms with van der Waals surface area (Å²) in [4.78, 5) is 0. The normalized spacial score (nSPS) is 15.7. The highest BCUT2D eigenvalue weighted by molar-refractivity contribution is 5.52. The molecule has 0 bridgehead atoms. The van der Waals surface area contributed by atoms with Gasteiger partial charge in [0, 0.05) is 20.0 Å². The number of hydrogen-bond acceptors (Lipinski definition) is 3. The number of hydrogen-bond donors (Lipinski definition) is 1. The van der Waals surface area contributed by atoms with Crippen molar-refractivity contribution in [3.8, 4) is 5.75 Å². The molecule has 1 N–H and O–H groups in total. The fourth-order valence-electron chi connectivity index (χ4n) is 2.99. The van der Waals surface area contributed by atoms with E-state index in [1.807, 2.05) is 18.7 Å². The number of benzene rings is 1. The van der Waals surface area contributed by atoms with Crippen LogP contribution in [-0.4, -0.2) is 15.4 Å². The smallest absolute Gasteiger partial charge is 0.123 e. The van der Waals surface area contributed by atoms with Gasteiger partial charge in [0.25, 0.3) is 0 Å². The zero-order chi connectivity index (χ0) is 15.2. The number of ether oxygens (including phenoxy) is 1. The second-order valence-corrected chi connectivity index (χ2v) is 6.50. The fourth-order valence-corrected chi connectivity index (χ4v) is 2.99. The molecule has 0 saturated carbocycles. The van der Waals surface area contributed by atoms with Crippen LogP contribution in [0.3, 0.4) is 0 Å². The Morgan fingerprint density at radius 3 is 2.76 bits per heavy atom. The average Bonchev–Trinajstić information content (AvgIpc) is 2.83. The third-order valence-corrected chi connectivity index (χ3v) is 4.11. The van der Waals surface area contributed by atoms with Crippen molar-refractivity contribution in [3.63, 3.8) is 0 Å². The quantitative estimate of drug-likeness (QED) is 0.940. The molecule has 0 amide bonds. The Kier molecular flexibility index (Phi) is 3.19. The fraction of sp³-hybridized carbons (Fsp3) is 0.471. The molecule has 0 unspecified atom stereocenters. The minimum atomic E-state index is -0.0785. The van der Waals surface area contributed by atoms with Crippen LogP contribution in [0, 0.1) is 13.8 Å². The van der Waals surface area contributed by atoms with Crippen molar-refractivity contribution in [3.05, 3.63) is 40.7 Å². The lowest BCUT2D eigenvalue weighted by atomic mass is 10.0. The summed E-state index contributed by atoms with van der Waals surface area (Å²) in [5.74, 6) is 1.03. The Morgan fingerprint density at radius 1 is 1.33 bits per heavy atom. The zero-order valence-electron chi connectivity index (χ0n) is 13.4. The first-order valence-electron chi connectivity index (χ1n) is 7.40. The van der Waals surface area contributed by atoms with E-state index in [4.69, 9.17) is 4.74 Å². The van der Waals surface area contributed by atoms with E-state index in [9.17, 15) is 0 Å². The van der Waals surface area contributed by atoms with Gasteiger partial charge in [-0.2, -0.15) is 5.10 Å². The Labute approximate surface area is 126 Å². The van der Waals surface area contributed by atoms with Crippen LogP contribution < -0.4 is 10.1 Å². The summed E-state index contributed by atoms with van der Waals surface area (Å²) in [6, 6.07) is 6.47. The maximum absolute atomic E-state index is 5.92. The Balaban J connectivity index is 1.75. The van der Waals surface area contributed by atoms with Crippen LogP contribution in [0.4, 0.5) is 5.69 Å². The van der Waals surface area contributed by atoms with Gasteiger partial charge in [0.1, 0.15) is 11.4 Å². The molecule has 0 aliphatic carbocycles. The number of fused-ring (bicyclic) bond motifs is 1. The summed E-state index contributed by atoms with van der Waals surface area (Å²) in [6.45, 7) is 9.19. The average molecular weight is 285 g/mol. The number of nitrogens with zero attached hydrogens (tertiary/aromatic N) is 2. The number of nitrogens with one attached hydrogen (secondary N) is 1. The molecule has 0 atom stereocenters. The molecule has 0 radical (unpaired) electrons. The first-order valence-corrected chi connectivity index (χ1v) is 7.40. The van der Waals surface area contributed by atoms with E-state index in [-0.39, 0.29) is 5.60 Å². The Hall–Kier alpha value is -1.97. The van der Waals surface area contributed by atoms with Crippen molar-refractivity contribution in [2.45, 2.75) is 46.3 Å². The molecule has 1 aromatic carbocycles. The molecule has 2 heterocycles. The van der Waals surface area contributed by atoms with E-state index < -0.39 is 0 Å². The van der Waals surface area contributed by atoms with Crippen LogP contribution in [0.25, 0.3) is 0 Å². The maximum Gasteiger partial charge on any atom is 0.123 e. The third-order valence-electron chi connectivity index (χ3n) is 4.11. The first-order chi connectivity index (χ1) is 9.85. The van der Waals surface area contributed by atoms with Gasteiger partial charge in [0.15, 0.2) is 0 Å². The van der Waals surface area contributed by atoms with Gasteiger partial charge < -0.3 is 10.1 Å².